The van der Waals surface area contributed by atoms with Gasteiger partial charge in [0.05, 0.1) is 6.54 Å². The van der Waals surface area contributed by atoms with Crippen LogP contribution in [0.5, 0.6) is 0 Å². The second-order valence-electron chi connectivity index (χ2n) is 3.78. The van der Waals surface area contributed by atoms with Crippen LogP contribution in [0.25, 0.3) is 0 Å². The molecule has 0 radical (unpaired) electrons. The van der Waals surface area contributed by atoms with Gasteiger partial charge in [0.25, 0.3) is 5.91 Å². The molecule has 0 aromatic carbocycles. The van der Waals surface area contributed by atoms with Crippen molar-refractivity contribution in [2.45, 2.75) is 6.54 Å². The zero-order valence-corrected chi connectivity index (χ0v) is 11.0. The van der Waals surface area contributed by atoms with E-state index in [2.05, 4.69) is 4.98 Å². The van der Waals surface area contributed by atoms with Crippen molar-refractivity contribution in [2.24, 2.45) is 5.73 Å². The number of carbonyl (C=O) groups is 2. The first-order chi connectivity index (χ1) is 7.95. The highest BCUT2D eigenvalue weighted by Crippen LogP contribution is 2.10. The molecule has 7 heteroatoms. The van der Waals surface area contributed by atoms with Crippen molar-refractivity contribution in [3.63, 3.8) is 0 Å². The van der Waals surface area contributed by atoms with Gasteiger partial charge in [0.2, 0.25) is 5.91 Å². The van der Waals surface area contributed by atoms with Gasteiger partial charge in [-0.15, -0.1) is 11.3 Å². The highest BCUT2D eigenvalue weighted by Gasteiger charge is 2.18. The molecule has 0 spiro atoms. The third-order valence-electron chi connectivity index (χ3n) is 2.16. The average molecular weight is 256 g/mol. The van der Waals surface area contributed by atoms with Crippen LogP contribution < -0.4 is 5.73 Å². The molecule has 0 saturated carbocycles. The maximum absolute atomic E-state index is 11.9. The molecule has 0 aliphatic rings. The molecule has 0 unspecified atom stereocenters. The number of aromatic nitrogens is 1. The van der Waals surface area contributed by atoms with Crippen LogP contribution in [0.3, 0.4) is 0 Å². The van der Waals surface area contributed by atoms with Crippen LogP contribution in [-0.2, 0) is 11.3 Å². The zero-order chi connectivity index (χ0) is 13.0. The van der Waals surface area contributed by atoms with Crippen molar-refractivity contribution in [1.82, 2.24) is 14.8 Å². The van der Waals surface area contributed by atoms with E-state index >= 15 is 0 Å². The SMILES string of the molecule is CN(C)C(=O)CN(C)C(=O)c1csc(CN)n1. The lowest BCUT2D eigenvalue weighted by Crippen LogP contribution is -2.37. The number of hydrogen-bond donors (Lipinski definition) is 1. The molecule has 2 N–H and O–H groups in total. The van der Waals surface area contributed by atoms with Gasteiger partial charge in [0.1, 0.15) is 10.7 Å². The van der Waals surface area contributed by atoms with Gasteiger partial charge < -0.3 is 15.5 Å². The second kappa shape index (κ2) is 5.74. The van der Waals surface area contributed by atoms with E-state index < -0.39 is 0 Å². The first-order valence-corrected chi connectivity index (χ1v) is 5.93. The predicted molar refractivity (Wildman–Crippen MR) is 65.7 cm³/mol. The van der Waals surface area contributed by atoms with Crippen molar-refractivity contribution in [3.8, 4) is 0 Å². The minimum atomic E-state index is -0.267. The summed E-state index contributed by atoms with van der Waals surface area (Å²) in [7, 11) is 4.87. The molecule has 2 amide bonds. The van der Waals surface area contributed by atoms with E-state index in [9.17, 15) is 9.59 Å². The van der Waals surface area contributed by atoms with Crippen molar-refractivity contribution in [2.75, 3.05) is 27.7 Å². The van der Waals surface area contributed by atoms with Gasteiger partial charge in [-0.2, -0.15) is 0 Å². The van der Waals surface area contributed by atoms with Crippen molar-refractivity contribution < 1.29 is 9.59 Å². The van der Waals surface area contributed by atoms with Crippen LogP contribution >= 0.6 is 11.3 Å². The normalized spacial score (nSPS) is 10.1. The minimum absolute atomic E-state index is 0.0430. The molecular formula is C10H16N4O2S. The summed E-state index contributed by atoms with van der Waals surface area (Å²) in [5, 5.41) is 2.36. The quantitative estimate of drug-likeness (QED) is 0.806. The lowest BCUT2D eigenvalue weighted by molar-refractivity contribution is -0.129. The molecule has 6 nitrogen and oxygen atoms in total. The molecule has 17 heavy (non-hydrogen) atoms. The lowest BCUT2D eigenvalue weighted by Gasteiger charge is -2.18. The highest BCUT2D eigenvalue weighted by molar-refractivity contribution is 7.09. The number of amides is 2. The molecule has 0 aliphatic carbocycles. The fourth-order valence-corrected chi connectivity index (χ4v) is 1.76. The predicted octanol–water partition coefficient (Wildman–Crippen LogP) is -0.238. The molecule has 0 bridgehead atoms. The van der Waals surface area contributed by atoms with Crippen LogP contribution in [-0.4, -0.2) is 54.3 Å². The summed E-state index contributed by atoms with van der Waals surface area (Å²) in [6.45, 7) is 0.361. The third-order valence-corrected chi connectivity index (χ3v) is 3.03. The highest BCUT2D eigenvalue weighted by atomic mass is 32.1. The van der Waals surface area contributed by atoms with E-state index in [-0.39, 0.29) is 18.4 Å². The maximum atomic E-state index is 11.9. The summed E-state index contributed by atoms with van der Waals surface area (Å²) in [5.74, 6) is -0.397. The Labute approximate surface area is 104 Å². The van der Waals surface area contributed by atoms with Crippen LogP contribution in [0.15, 0.2) is 5.38 Å². The molecule has 0 fully saturated rings. The Hall–Kier alpha value is -1.47. The van der Waals surface area contributed by atoms with Gasteiger partial charge in [-0.1, -0.05) is 0 Å². The Morgan fingerprint density at radius 3 is 2.53 bits per heavy atom. The minimum Gasteiger partial charge on any atom is -0.347 e. The number of likely N-dealkylation sites (N-methyl/N-ethyl adjacent to an activating group) is 2. The number of hydrogen-bond acceptors (Lipinski definition) is 5. The summed E-state index contributed by atoms with van der Waals surface area (Å²) >= 11 is 1.34. The molecule has 1 aromatic rings. The Balaban J connectivity index is 2.66. The van der Waals surface area contributed by atoms with Gasteiger partial charge in [0, 0.05) is 33.1 Å². The van der Waals surface area contributed by atoms with Crippen LogP contribution in [0, 0.1) is 0 Å². The summed E-state index contributed by atoms with van der Waals surface area (Å²) in [6.07, 6.45) is 0. The summed E-state index contributed by atoms with van der Waals surface area (Å²) < 4.78 is 0. The Morgan fingerprint density at radius 1 is 1.41 bits per heavy atom. The maximum Gasteiger partial charge on any atom is 0.273 e. The average Bonchev–Trinajstić information content (AvgIpc) is 2.76. The van der Waals surface area contributed by atoms with Crippen LogP contribution in [0.1, 0.15) is 15.5 Å². The summed E-state index contributed by atoms with van der Waals surface area (Å²) in [4.78, 5) is 30.2. The van der Waals surface area contributed by atoms with Crippen LogP contribution in [0.4, 0.5) is 0 Å². The lowest BCUT2D eigenvalue weighted by atomic mass is 10.4. The van der Waals surface area contributed by atoms with Crippen molar-refractivity contribution in [3.05, 3.63) is 16.1 Å². The topological polar surface area (TPSA) is 79.5 Å². The number of rotatable bonds is 4. The summed E-state index contributed by atoms with van der Waals surface area (Å²) in [5.41, 5.74) is 5.76. The standard InChI is InChI=1S/C10H16N4O2S/c1-13(2)9(15)5-14(3)10(16)7-6-17-8(4-11)12-7/h6H,4-5,11H2,1-3H3. The molecule has 0 atom stereocenters. The Kier molecular flexibility index (Phi) is 4.59. The van der Waals surface area contributed by atoms with Gasteiger partial charge in [-0.3, -0.25) is 9.59 Å². The summed E-state index contributed by atoms with van der Waals surface area (Å²) in [6, 6.07) is 0. The van der Waals surface area contributed by atoms with Gasteiger partial charge in [0.15, 0.2) is 0 Å². The van der Waals surface area contributed by atoms with E-state index in [1.807, 2.05) is 0 Å². The third kappa shape index (κ3) is 3.50. The molecule has 1 rings (SSSR count). The first-order valence-electron chi connectivity index (χ1n) is 5.05. The molecular weight excluding hydrogens is 240 g/mol. The Morgan fingerprint density at radius 2 is 2.06 bits per heavy atom. The van der Waals surface area contributed by atoms with Gasteiger partial charge in [-0.05, 0) is 0 Å². The fourth-order valence-electron chi connectivity index (χ4n) is 1.11. The number of carbonyl (C=O) groups excluding carboxylic acids is 2. The fraction of sp³-hybridized carbons (Fsp3) is 0.500. The molecule has 0 aliphatic heterocycles. The van der Waals surface area contributed by atoms with Crippen molar-refractivity contribution in [1.29, 1.82) is 0 Å². The van der Waals surface area contributed by atoms with Gasteiger partial charge in [-0.25, -0.2) is 4.98 Å². The molecule has 0 saturated heterocycles. The molecule has 1 aromatic heterocycles. The number of nitrogens with two attached hydrogens (primary N) is 1. The molecule has 1 heterocycles. The van der Waals surface area contributed by atoms with Crippen LogP contribution in [0.2, 0.25) is 0 Å². The van der Waals surface area contributed by atoms with Gasteiger partial charge >= 0.3 is 0 Å². The zero-order valence-electron chi connectivity index (χ0n) is 10.1. The van der Waals surface area contributed by atoms with Crippen molar-refractivity contribution >= 4 is 23.2 Å². The van der Waals surface area contributed by atoms with E-state index in [1.165, 1.54) is 21.1 Å². The monoisotopic (exact) mass is 256 g/mol. The second-order valence-corrected chi connectivity index (χ2v) is 4.72. The largest absolute Gasteiger partial charge is 0.347 e. The number of nitrogens with zero attached hydrogens (tertiary/aromatic N) is 3. The smallest absolute Gasteiger partial charge is 0.273 e. The molecule has 94 valence electrons. The van der Waals surface area contributed by atoms with E-state index in [4.69, 9.17) is 5.73 Å². The Bertz CT molecular complexity index is 416. The van der Waals surface area contributed by atoms with E-state index in [0.29, 0.717) is 17.2 Å². The van der Waals surface area contributed by atoms with E-state index in [1.54, 1.807) is 26.5 Å². The first kappa shape index (κ1) is 13.6. The number of thiazole rings is 1. The van der Waals surface area contributed by atoms with E-state index in [0.717, 1.165) is 0 Å².